The maximum absolute atomic E-state index is 11.1. The molecule has 1 unspecified atom stereocenters. The van der Waals surface area contributed by atoms with E-state index in [2.05, 4.69) is 11.9 Å². The van der Waals surface area contributed by atoms with Crippen molar-refractivity contribution in [3.8, 4) is 5.75 Å². The Morgan fingerprint density at radius 3 is 2.45 bits per heavy atom. The van der Waals surface area contributed by atoms with Gasteiger partial charge in [0.05, 0.1) is 5.52 Å². The van der Waals surface area contributed by atoms with Crippen LogP contribution in [0.15, 0.2) is 36.5 Å². The predicted octanol–water partition coefficient (Wildman–Crippen LogP) is 1.88. The summed E-state index contributed by atoms with van der Waals surface area (Å²) in [6.07, 6.45) is 5.15. The van der Waals surface area contributed by atoms with E-state index in [4.69, 9.17) is 0 Å². The zero-order valence-corrected chi connectivity index (χ0v) is 14.7. The fourth-order valence-electron chi connectivity index (χ4n) is 2.02. The molecule has 0 amide bonds. The summed E-state index contributed by atoms with van der Waals surface area (Å²) in [6, 6.07) is 8.84. The second kappa shape index (κ2) is 11.3. The van der Waals surface area contributed by atoms with Gasteiger partial charge in [-0.2, -0.15) is 0 Å². The number of para-hydroxylation sites is 1. The molecule has 1 heterocycles. The van der Waals surface area contributed by atoms with Gasteiger partial charge in [0.1, 0.15) is 0 Å². The number of carboxylic acids is 1. The zero-order chi connectivity index (χ0) is 15.7. The van der Waals surface area contributed by atoms with E-state index < -0.39 is 5.97 Å². The number of unbranched alkanes of at least 4 members (excludes halogenated alkanes) is 1. The van der Waals surface area contributed by atoms with Crippen molar-refractivity contribution >= 4 is 39.9 Å². The van der Waals surface area contributed by atoms with Gasteiger partial charge >= 0.3 is 23.1 Å². The first-order valence-corrected chi connectivity index (χ1v) is 7.31. The number of nitrogens with zero attached hydrogens (tertiary/aromatic N) is 1. The Morgan fingerprint density at radius 2 is 1.91 bits per heavy atom. The monoisotopic (exact) mass is 311 g/mol. The van der Waals surface area contributed by atoms with E-state index in [1.54, 1.807) is 12.3 Å². The normalized spacial score (nSPS) is 11.0. The van der Waals surface area contributed by atoms with Crippen LogP contribution in [-0.2, 0) is 4.79 Å². The first-order chi connectivity index (χ1) is 10.1. The summed E-state index contributed by atoms with van der Waals surface area (Å²) in [5.41, 5.74) is 0.551. The summed E-state index contributed by atoms with van der Waals surface area (Å²) < 4.78 is 0. The summed E-state index contributed by atoms with van der Waals surface area (Å²) in [5.74, 6) is -1.13. The van der Waals surface area contributed by atoms with E-state index in [0.717, 1.165) is 24.6 Å². The topological polar surface area (TPSA) is 76.1 Å². The van der Waals surface area contributed by atoms with Gasteiger partial charge in [-0.3, -0.25) is 4.98 Å². The summed E-state index contributed by atoms with van der Waals surface area (Å²) in [5, 5.41) is 22.3. The van der Waals surface area contributed by atoms with Gasteiger partial charge in [0, 0.05) is 12.2 Å². The molecule has 1 aromatic carbocycles. The smallest absolute Gasteiger partial charge is 0.871 e. The molecule has 0 bridgehead atoms. The van der Waals surface area contributed by atoms with E-state index in [9.17, 15) is 15.0 Å². The predicted molar refractivity (Wildman–Crippen MR) is 85.3 cm³/mol. The van der Waals surface area contributed by atoms with E-state index in [1.165, 1.54) is 6.07 Å². The van der Waals surface area contributed by atoms with Crippen LogP contribution in [0.3, 0.4) is 0 Å². The third-order valence-corrected chi connectivity index (χ3v) is 3.33. The molecule has 2 rings (SSSR count). The Bertz CT molecular complexity index is 569. The number of aliphatic carboxylic acids is 1. The molecule has 0 aliphatic heterocycles. The van der Waals surface area contributed by atoms with Gasteiger partial charge < -0.3 is 15.0 Å². The van der Waals surface area contributed by atoms with Crippen molar-refractivity contribution in [1.29, 1.82) is 0 Å². The zero-order valence-electron chi connectivity index (χ0n) is 13.2. The summed E-state index contributed by atoms with van der Waals surface area (Å²) >= 11 is 0. The molecule has 4 nitrogen and oxygen atoms in total. The summed E-state index contributed by atoms with van der Waals surface area (Å²) in [7, 11) is 0. The standard InChI is InChI=1S/C9H7NO.C8H16O2.Mg/c11-8-5-1-3-7-4-2-6-10-9(7)8;1-3-5-6-7(4-2)8(9)10;/h1-6,11H;7H,3-6H2,1-2H3,(H,9,10);/q;;+2/p-2. The minimum atomic E-state index is -0.893. The van der Waals surface area contributed by atoms with E-state index >= 15 is 0 Å². The number of hydrogen-bond donors (Lipinski definition) is 0. The Morgan fingerprint density at radius 1 is 1.23 bits per heavy atom. The third kappa shape index (κ3) is 6.62. The molecule has 5 heteroatoms. The summed E-state index contributed by atoms with van der Waals surface area (Å²) in [6.45, 7) is 3.94. The average Bonchev–Trinajstić information content (AvgIpc) is 2.49. The van der Waals surface area contributed by atoms with Gasteiger partial charge in [-0.05, 0) is 30.2 Å². The van der Waals surface area contributed by atoms with E-state index in [1.807, 2.05) is 25.1 Å². The van der Waals surface area contributed by atoms with Crippen LogP contribution in [0, 0.1) is 5.92 Å². The first kappa shape index (κ1) is 20.7. The van der Waals surface area contributed by atoms with Gasteiger partial charge in [0.25, 0.3) is 0 Å². The SMILES string of the molecule is CCCCC(CC)C(=O)[O-].[Mg+2].[O-]c1cccc2cccnc12. The van der Waals surface area contributed by atoms with Gasteiger partial charge in [-0.15, -0.1) is 0 Å². The largest absolute Gasteiger partial charge is 2.00 e. The number of carbonyl (C=O) groups excluding carboxylic acids is 1. The van der Waals surface area contributed by atoms with Crippen LogP contribution in [0.5, 0.6) is 5.75 Å². The Kier molecular flexibility index (Phi) is 10.6. The fourth-order valence-corrected chi connectivity index (χ4v) is 2.02. The molecule has 0 fully saturated rings. The average molecular weight is 312 g/mol. The van der Waals surface area contributed by atoms with Crippen LogP contribution in [0.1, 0.15) is 39.5 Å². The van der Waals surface area contributed by atoms with Crippen molar-refractivity contribution in [3.05, 3.63) is 36.5 Å². The molecule has 0 N–H and O–H groups in total. The van der Waals surface area contributed by atoms with E-state index in [0.29, 0.717) is 11.9 Å². The number of carboxylic acid groups (broad SMARTS) is 1. The van der Waals surface area contributed by atoms with Crippen molar-refractivity contribution in [3.63, 3.8) is 0 Å². The molecule has 0 aliphatic carbocycles. The van der Waals surface area contributed by atoms with Crippen LogP contribution in [0.4, 0.5) is 0 Å². The van der Waals surface area contributed by atoms with Crippen LogP contribution in [0.2, 0.25) is 0 Å². The van der Waals surface area contributed by atoms with Gasteiger partial charge in [-0.25, -0.2) is 0 Å². The fraction of sp³-hybridized carbons (Fsp3) is 0.412. The number of aromatic nitrogens is 1. The quantitative estimate of drug-likeness (QED) is 0.790. The number of carbonyl (C=O) groups is 1. The molecule has 114 valence electrons. The summed E-state index contributed by atoms with van der Waals surface area (Å²) in [4.78, 5) is 14.3. The van der Waals surface area contributed by atoms with Gasteiger partial charge in [0.15, 0.2) is 0 Å². The minimum absolute atomic E-state index is 0. The molecule has 0 saturated carbocycles. The molecular formula is C17H21MgNO3. The van der Waals surface area contributed by atoms with Crippen molar-refractivity contribution < 1.29 is 15.0 Å². The second-order valence-corrected chi connectivity index (χ2v) is 4.90. The second-order valence-electron chi connectivity index (χ2n) is 4.90. The number of rotatable bonds is 5. The van der Waals surface area contributed by atoms with Crippen molar-refractivity contribution in [2.24, 2.45) is 5.92 Å². The molecule has 0 aliphatic rings. The van der Waals surface area contributed by atoms with Crippen molar-refractivity contribution in [2.45, 2.75) is 39.5 Å². The number of hydrogen-bond acceptors (Lipinski definition) is 4. The minimum Gasteiger partial charge on any atom is -0.871 e. The Balaban J connectivity index is 0.000000387. The number of pyridine rings is 1. The maximum Gasteiger partial charge on any atom is 2.00 e. The third-order valence-electron chi connectivity index (χ3n) is 3.33. The molecular weight excluding hydrogens is 290 g/mol. The molecule has 0 spiro atoms. The van der Waals surface area contributed by atoms with E-state index in [-0.39, 0.29) is 34.7 Å². The Hall–Kier alpha value is -1.33. The van der Waals surface area contributed by atoms with Crippen LogP contribution in [0.25, 0.3) is 10.9 Å². The van der Waals surface area contributed by atoms with Gasteiger partial charge in [0.2, 0.25) is 0 Å². The van der Waals surface area contributed by atoms with Crippen molar-refractivity contribution in [2.75, 3.05) is 0 Å². The van der Waals surface area contributed by atoms with Crippen molar-refractivity contribution in [1.82, 2.24) is 4.98 Å². The molecule has 1 atom stereocenters. The first-order valence-electron chi connectivity index (χ1n) is 7.31. The van der Waals surface area contributed by atoms with Crippen LogP contribution >= 0.6 is 0 Å². The molecule has 22 heavy (non-hydrogen) atoms. The van der Waals surface area contributed by atoms with Crippen LogP contribution < -0.4 is 10.2 Å². The molecule has 0 radical (unpaired) electrons. The number of fused-ring (bicyclic) bond motifs is 1. The Labute approximate surface area is 147 Å². The van der Waals surface area contributed by atoms with Gasteiger partial charge in [-0.1, -0.05) is 56.7 Å². The molecule has 0 saturated heterocycles. The maximum atomic E-state index is 11.1. The molecule has 1 aromatic heterocycles. The number of benzene rings is 1. The van der Waals surface area contributed by atoms with Crippen LogP contribution in [-0.4, -0.2) is 34.0 Å². The molecule has 2 aromatic rings.